The van der Waals surface area contributed by atoms with Gasteiger partial charge >= 0.3 is 0 Å². The van der Waals surface area contributed by atoms with Crippen molar-refractivity contribution in [1.82, 2.24) is 9.97 Å². The van der Waals surface area contributed by atoms with E-state index in [1.165, 1.54) is 6.26 Å². The summed E-state index contributed by atoms with van der Waals surface area (Å²) in [6, 6.07) is 12.6. The average molecular weight is 321 g/mol. The van der Waals surface area contributed by atoms with E-state index >= 15 is 0 Å². The van der Waals surface area contributed by atoms with Gasteiger partial charge in [0.25, 0.3) is 0 Å². The Morgan fingerprint density at radius 1 is 1.19 bits per heavy atom. The Morgan fingerprint density at radius 3 is 2.71 bits per heavy atom. The highest BCUT2D eigenvalue weighted by atomic mass is 35.5. The van der Waals surface area contributed by atoms with Gasteiger partial charge in [-0.25, -0.2) is 13.4 Å². The third-order valence-corrected chi connectivity index (χ3v) is 4.66. The fourth-order valence-corrected chi connectivity index (χ4v) is 2.97. The molecule has 0 aliphatic heterocycles. The first-order valence-electron chi connectivity index (χ1n) is 6.32. The van der Waals surface area contributed by atoms with E-state index in [1.54, 1.807) is 18.2 Å². The molecule has 0 atom stereocenters. The molecule has 108 valence electrons. The number of rotatable bonds is 3. The number of alkyl halides is 1. The summed E-state index contributed by atoms with van der Waals surface area (Å²) in [6.45, 7) is 0. The quantitative estimate of drug-likeness (QED) is 0.752. The van der Waals surface area contributed by atoms with Crippen LogP contribution in [0.15, 0.2) is 47.4 Å². The lowest BCUT2D eigenvalue weighted by Crippen LogP contribution is -1.96. The largest absolute Gasteiger partial charge is 0.338 e. The summed E-state index contributed by atoms with van der Waals surface area (Å²) in [7, 11) is -3.23. The Hall–Kier alpha value is -1.85. The van der Waals surface area contributed by atoms with Crippen LogP contribution in [0.25, 0.3) is 22.4 Å². The molecule has 0 aliphatic rings. The first-order chi connectivity index (χ1) is 9.97. The average Bonchev–Trinajstić information content (AvgIpc) is 2.89. The molecular weight excluding hydrogens is 308 g/mol. The van der Waals surface area contributed by atoms with Gasteiger partial charge in [-0.2, -0.15) is 0 Å². The predicted molar refractivity (Wildman–Crippen MR) is 84.2 cm³/mol. The summed E-state index contributed by atoms with van der Waals surface area (Å²) in [4.78, 5) is 7.92. The smallest absolute Gasteiger partial charge is 0.175 e. The molecule has 6 heteroatoms. The summed E-state index contributed by atoms with van der Waals surface area (Å²) in [5.41, 5.74) is 3.36. The molecule has 1 N–H and O–H groups in total. The van der Waals surface area contributed by atoms with E-state index in [-0.39, 0.29) is 4.90 Å². The Balaban J connectivity index is 2.12. The maximum Gasteiger partial charge on any atom is 0.175 e. The van der Waals surface area contributed by atoms with Gasteiger partial charge in [-0.15, -0.1) is 11.6 Å². The zero-order valence-electron chi connectivity index (χ0n) is 11.3. The van der Waals surface area contributed by atoms with Gasteiger partial charge in [0.2, 0.25) is 0 Å². The van der Waals surface area contributed by atoms with Crippen LogP contribution in [0.2, 0.25) is 0 Å². The Labute approximate surface area is 127 Å². The number of nitrogens with one attached hydrogen (secondary N) is 1. The third kappa shape index (κ3) is 2.80. The molecule has 0 saturated carbocycles. The van der Waals surface area contributed by atoms with Gasteiger partial charge in [0.15, 0.2) is 9.84 Å². The monoisotopic (exact) mass is 320 g/mol. The maximum absolute atomic E-state index is 11.6. The van der Waals surface area contributed by atoms with Gasteiger partial charge in [0.05, 0.1) is 15.9 Å². The molecule has 0 spiro atoms. The minimum absolute atomic E-state index is 0.278. The lowest BCUT2D eigenvalue weighted by atomic mass is 10.1. The second-order valence-corrected chi connectivity index (χ2v) is 7.15. The highest BCUT2D eigenvalue weighted by Crippen LogP contribution is 2.23. The van der Waals surface area contributed by atoms with Crippen LogP contribution in [0.4, 0.5) is 0 Å². The summed E-state index contributed by atoms with van der Waals surface area (Å²) in [6.07, 6.45) is 1.19. The first kappa shape index (κ1) is 14.1. The van der Waals surface area contributed by atoms with Crippen molar-refractivity contribution in [3.63, 3.8) is 0 Å². The molecule has 4 nitrogen and oxygen atoms in total. The standard InChI is InChI=1S/C15H13ClN2O2S/c1-21(19,20)12-5-6-13-14(8-12)18-15(17-13)11-4-2-3-10(7-11)9-16/h2-8H,9H2,1H3,(H,17,18). The van der Waals surface area contributed by atoms with Crippen molar-refractivity contribution < 1.29 is 8.42 Å². The fraction of sp³-hybridized carbons (Fsp3) is 0.133. The number of sulfone groups is 1. The van der Waals surface area contributed by atoms with Gasteiger partial charge in [-0.1, -0.05) is 18.2 Å². The number of halogens is 1. The number of H-pyrrole nitrogens is 1. The predicted octanol–water partition coefficient (Wildman–Crippen LogP) is 3.37. The molecule has 0 bridgehead atoms. The summed E-state index contributed by atoms with van der Waals surface area (Å²) >= 11 is 5.84. The molecule has 1 heterocycles. The molecular formula is C15H13ClN2O2S. The molecule has 0 aliphatic carbocycles. The van der Waals surface area contributed by atoms with Crippen molar-refractivity contribution in [2.45, 2.75) is 10.8 Å². The minimum atomic E-state index is -3.23. The molecule has 0 amide bonds. The molecule has 2 aromatic carbocycles. The van der Waals surface area contributed by atoms with E-state index in [0.29, 0.717) is 17.2 Å². The number of hydrogen-bond acceptors (Lipinski definition) is 3. The second-order valence-electron chi connectivity index (χ2n) is 4.87. The Morgan fingerprint density at radius 2 is 2.00 bits per heavy atom. The lowest BCUT2D eigenvalue weighted by Gasteiger charge is -1.99. The number of nitrogens with zero attached hydrogens (tertiary/aromatic N) is 1. The van der Waals surface area contributed by atoms with Gasteiger partial charge in [0.1, 0.15) is 5.82 Å². The van der Waals surface area contributed by atoms with Crippen molar-refractivity contribution in [2.75, 3.05) is 6.26 Å². The Bertz CT molecular complexity index is 916. The highest BCUT2D eigenvalue weighted by Gasteiger charge is 2.11. The maximum atomic E-state index is 11.6. The second kappa shape index (κ2) is 5.16. The third-order valence-electron chi connectivity index (χ3n) is 3.24. The van der Waals surface area contributed by atoms with Crippen LogP contribution < -0.4 is 0 Å². The number of aromatic nitrogens is 2. The minimum Gasteiger partial charge on any atom is -0.338 e. The van der Waals surface area contributed by atoms with Crippen LogP contribution in [0.5, 0.6) is 0 Å². The summed E-state index contributed by atoms with van der Waals surface area (Å²) in [5, 5.41) is 0. The summed E-state index contributed by atoms with van der Waals surface area (Å²) in [5.74, 6) is 1.13. The molecule has 3 rings (SSSR count). The first-order valence-corrected chi connectivity index (χ1v) is 8.75. The number of benzene rings is 2. The molecule has 1 aromatic heterocycles. The molecule has 0 saturated heterocycles. The topological polar surface area (TPSA) is 62.8 Å². The SMILES string of the molecule is CS(=O)(=O)c1ccc2nc(-c3cccc(CCl)c3)[nH]c2c1. The van der Waals surface area contributed by atoms with E-state index in [2.05, 4.69) is 9.97 Å². The van der Waals surface area contributed by atoms with Gasteiger partial charge in [-0.05, 0) is 29.8 Å². The van der Waals surface area contributed by atoms with Crippen molar-refractivity contribution in [3.05, 3.63) is 48.0 Å². The Kier molecular flexibility index (Phi) is 3.47. The molecule has 0 unspecified atom stereocenters. The normalized spacial score (nSPS) is 11.9. The fourth-order valence-electron chi connectivity index (χ4n) is 2.16. The number of fused-ring (bicyclic) bond motifs is 1. The number of imidazole rings is 1. The number of hydrogen-bond donors (Lipinski definition) is 1. The van der Waals surface area contributed by atoms with Gasteiger partial charge in [-0.3, -0.25) is 0 Å². The van der Waals surface area contributed by atoms with E-state index in [0.717, 1.165) is 16.6 Å². The van der Waals surface area contributed by atoms with E-state index in [1.807, 2.05) is 24.3 Å². The summed E-state index contributed by atoms with van der Waals surface area (Å²) < 4.78 is 23.2. The van der Waals surface area contributed by atoms with Crippen LogP contribution >= 0.6 is 11.6 Å². The number of aromatic amines is 1. The van der Waals surface area contributed by atoms with Crippen molar-refractivity contribution in [3.8, 4) is 11.4 Å². The van der Waals surface area contributed by atoms with E-state index in [9.17, 15) is 8.42 Å². The van der Waals surface area contributed by atoms with E-state index in [4.69, 9.17) is 11.6 Å². The molecule has 0 fully saturated rings. The van der Waals surface area contributed by atoms with E-state index < -0.39 is 9.84 Å². The molecule has 0 radical (unpaired) electrons. The van der Waals surface area contributed by atoms with Crippen molar-refractivity contribution >= 4 is 32.5 Å². The zero-order valence-corrected chi connectivity index (χ0v) is 12.9. The van der Waals surface area contributed by atoms with Crippen LogP contribution in [-0.2, 0) is 15.7 Å². The lowest BCUT2D eigenvalue weighted by molar-refractivity contribution is 0.602. The molecule has 21 heavy (non-hydrogen) atoms. The van der Waals surface area contributed by atoms with Crippen molar-refractivity contribution in [2.24, 2.45) is 0 Å². The van der Waals surface area contributed by atoms with Crippen LogP contribution in [0.3, 0.4) is 0 Å². The van der Waals surface area contributed by atoms with Crippen LogP contribution in [0.1, 0.15) is 5.56 Å². The van der Waals surface area contributed by atoms with Gasteiger partial charge in [0, 0.05) is 17.7 Å². The molecule has 3 aromatic rings. The van der Waals surface area contributed by atoms with Crippen molar-refractivity contribution in [1.29, 1.82) is 0 Å². The van der Waals surface area contributed by atoms with Crippen LogP contribution in [-0.4, -0.2) is 24.6 Å². The highest BCUT2D eigenvalue weighted by molar-refractivity contribution is 7.90. The van der Waals surface area contributed by atoms with Gasteiger partial charge < -0.3 is 4.98 Å². The zero-order chi connectivity index (χ0) is 15.0. The van der Waals surface area contributed by atoms with Crippen LogP contribution in [0, 0.1) is 0 Å².